The molecule has 7 nitrogen and oxygen atoms in total. The van der Waals surface area contributed by atoms with Crippen molar-refractivity contribution in [2.45, 2.75) is 19.9 Å². The van der Waals surface area contributed by atoms with Gasteiger partial charge in [-0.05, 0) is 19.9 Å². The van der Waals surface area contributed by atoms with E-state index in [-0.39, 0.29) is 0 Å². The highest BCUT2D eigenvalue weighted by atomic mass is 16.5. The fourth-order valence-electron chi connectivity index (χ4n) is 2.53. The molecule has 1 aliphatic heterocycles. The molecule has 2 rings (SSSR count). The number of carbonyl (C=O) groups is 2. The highest BCUT2D eigenvalue weighted by Crippen LogP contribution is 2.39. The quantitative estimate of drug-likeness (QED) is 0.809. The first-order valence-electron chi connectivity index (χ1n) is 7.19. The SMILES string of the molecule is CCOc1c(OC)cccc1C1NC(=O)NC(C)=C1C(=O)OC. The van der Waals surface area contributed by atoms with Crippen LogP contribution in [0.5, 0.6) is 11.5 Å². The minimum Gasteiger partial charge on any atom is -0.493 e. The topological polar surface area (TPSA) is 85.9 Å². The van der Waals surface area contributed by atoms with E-state index in [9.17, 15) is 9.59 Å². The lowest BCUT2D eigenvalue weighted by Gasteiger charge is -2.29. The van der Waals surface area contributed by atoms with Crippen molar-refractivity contribution in [1.82, 2.24) is 10.6 Å². The van der Waals surface area contributed by atoms with E-state index < -0.39 is 18.0 Å². The number of esters is 1. The van der Waals surface area contributed by atoms with E-state index in [4.69, 9.17) is 14.2 Å². The van der Waals surface area contributed by atoms with Crippen molar-refractivity contribution in [2.24, 2.45) is 0 Å². The van der Waals surface area contributed by atoms with Gasteiger partial charge in [-0.25, -0.2) is 9.59 Å². The zero-order valence-electron chi connectivity index (χ0n) is 13.6. The summed E-state index contributed by atoms with van der Waals surface area (Å²) in [6, 6.07) is 4.22. The second-order valence-corrected chi connectivity index (χ2v) is 4.87. The monoisotopic (exact) mass is 320 g/mol. The summed E-state index contributed by atoms with van der Waals surface area (Å²) in [7, 11) is 2.83. The minimum absolute atomic E-state index is 0.321. The van der Waals surface area contributed by atoms with Crippen LogP contribution in [0.2, 0.25) is 0 Å². The van der Waals surface area contributed by atoms with Crippen molar-refractivity contribution in [3.63, 3.8) is 0 Å². The van der Waals surface area contributed by atoms with Crippen LogP contribution in [0.1, 0.15) is 25.5 Å². The normalized spacial score (nSPS) is 17.2. The molecule has 0 aromatic heterocycles. The summed E-state index contributed by atoms with van der Waals surface area (Å²) in [6.45, 7) is 3.92. The first-order chi connectivity index (χ1) is 11.0. The van der Waals surface area contributed by atoms with Gasteiger partial charge in [-0.3, -0.25) is 0 Å². The first kappa shape index (κ1) is 16.7. The molecule has 1 aromatic carbocycles. The van der Waals surface area contributed by atoms with Crippen molar-refractivity contribution in [3.8, 4) is 11.5 Å². The van der Waals surface area contributed by atoms with Crippen molar-refractivity contribution in [3.05, 3.63) is 35.0 Å². The van der Waals surface area contributed by atoms with Gasteiger partial charge in [0, 0.05) is 11.3 Å². The number of carbonyl (C=O) groups excluding carboxylic acids is 2. The average molecular weight is 320 g/mol. The predicted molar refractivity (Wildman–Crippen MR) is 83.3 cm³/mol. The molecule has 1 unspecified atom stereocenters. The summed E-state index contributed by atoms with van der Waals surface area (Å²) in [6.07, 6.45) is 0. The van der Waals surface area contributed by atoms with Gasteiger partial charge in [-0.2, -0.15) is 0 Å². The number of hydrogen-bond acceptors (Lipinski definition) is 5. The molecule has 23 heavy (non-hydrogen) atoms. The molecular weight excluding hydrogens is 300 g/mol. The molecule has 0 bridgehead atoms. The van der Waals surface area contributed by atoms with Gasteiger partial charge < -0.3 is 24.8 Å². The van der Waals surface area contributed by atoms with E-state index in [0.29, 0.717) is 34.9 Å². The Bertz CT molecular complexity index is 654. The Labute approximate surface area is 134 Å². The molecule has 124 valence electrons. The Morgan fingerprint density at radius 2 is 2.04 bits per heavy atom. The predicted octanol–water partition coefficient (Wildman–Crippen LogP) is 1.89. The number of rotatable bonds is 5. The number of benzene rings is 1. The zero-order valence-corrected chi connectivity index (χ0v) is 13.6. The van der Waals surface area contributed by atoms with Crippen molar-refractivity contribution < 1.29 is 23.8 Å². The van der Waals surface area contributed by atoms with Crippen LogP contribution in [0.15, 0.2) is 29.5 Å². The van der Waals surface area contributed by atoms with E-state index >= 15 is 0 Å². The van der Waals surface area contributed by atoms with Crippen LogP contribution >= 0.6 is 0 Å². The maximum atomic E-state index is 12.1. The molecule has 0 saturated heterocycles. The van der Waals surface area contributed by atoms with Gasteiger partial charge in [-0.15, -0.1) is 0 Å². The largest absolute Gasteiger partial charge is 0.493 e. The van der Waals surface area contributed by atoms with E-state index in [2.05, 4.69) is 10.6 Å². The lowest BCUT2D eigenvalue weighted by atomic mass is 9.94. The van der Waals surface area contributed by atoms with Crippen molar-refractivity contribution in [2.75, 3.05) is 20.8 Å². The second kappa shape index (κ2) is 7.04. The maximum Gasteiger partial charge on any atom is 0.337 e. The summed E-state index contributed by atoms with van der Waals surface area (Å²) < 4.78 is 15.8. The zero-order chi connectivity index (χ0) is 17.0. The molecule has 1 aromatic rings. The Hall–Kier alpha value is -2.70. The molecule has 0 aliphatic carbocycles. The third-order valence-electron chi connectivity index (χ3n) is 3.50. The fraction of sp³-hybridized carbons (Fsp3) is 0.375. The van der Waals surface area contributed by atoms with Crippen LogP contribution < -0.4 is 20.1 Å². The Balaban J connectivity index is 2.60. The van der Waals surface area contributed by atoms with Crippen LogP contribution in [0.4, 0.5) is 4.79 Å². The number of hydrogen-bond donors (Lipinski definition) is 2. The van der Waals surface area contributed by atoms with Gasteiger partial charge in [-0.1, -0.05) is 12.1 Å². The van der Waals surface area contributed by atoms with Crippen LogP contribution in [0, 0.1) is 0 Å². The average Bonchev–Trinajstić information content (AvgIpc) is 2.54. The Morgan fingerprint density at radius 3 is 2.65 bits per heavy atom. The van der Waals surface area contributed by atoms with Crippen LogP contribution in [-0.2, 0) is 9.53 Å². The standard InChI is InChI=1S/C16H20N2O5/c1-5-23-14-10(7-6-8-11(14)21-3)13-12(15(19)22-4)9(2)17-16(20)18-13/h6-8,13H,5H2,1-4H3,(H2,17,18,20). The van der Waals surface area contributed by atoms with Gasteiger partial charge >= 0.3 is 12.0 Å². The lowest BCUT2D eigenvalue weighted by molar-refractivity contribution is -0.136. The number of para-hydroxylation sites is 1. The van der Waals surface area contributed by atoms with Gasteiger partial charge in [0.2, 0.25) is 0 Å². The van der Waals surface area contributed by atoms with Gasteiger partial charge in [0.05, 0.1) is 32.4 Å². The summed E-state index contributed by atoms with van der Waals surface area (Å²) in [5.74, 6) is 0.489. The summed E-state index contributed by atoms with van der Waals surface area (Å²) >= 11 is 0. The maximum absolute atomic E-state index is 12.1. The molecule has 0 fully saturated rings. The molecular formula is C16H20N2O5. The molecule has 1 aliphatic rings. The molecule has 1 atom stereocenters. The van der Waals surface area contributed by atoms with Crippen molar-refractivity contribution in [1.29, 1.82) is 0 Å². The van der Waals surface area contributed by atoms with E-state index in [1.165, 1.54) is 14.2 Å². The summed E-state index contributed by atoms with van der Waals surface area (Å²) in [5.41, 5.74) is 1.39. The molecule has 0 radical (unpaired) electrons. The van der Waals surface area contributed by atoms with E-state index in [0.717, 1.165) is 0 Å². The smallest absolute Gasteiger partial charge is 0.337 e. The van der Waals surface area contributed by atoms with Gasteiger partial charge in [0.25, 0.3) is 0 Å². The Morgan fingerprint density at radius 1 is 1.30 bits per heavy atom. The number of nitrogens with one attached hydrogen (secondary N) is 2. The molecule has 2 amide bonds. The third kappa shape index (κ3) is 3.23. The number of ether oxygens (including phenoxy) is 3. The third-order valence-corrected chi connectivity index (χ3v) is 3.50. The lowest BCUT2D eigenvalue weighted by Crippen LogP contribution is -2.45. The minimum atomic E-state index is -0.687. The fourth-order valence-corrected chi connectivity index (χ4v) is 2.53. The highest BCUT2D eigenvalue weighted by Gasteiger charge is 2.34. The highest BCUT2D eigenvalue weighted by molar-refractivity contribution is 5.95. The summed E-state index contributed by atoms with van der Waals surface area (Å²) in [5, 5.41) is 5.32. The first-order valence-corrected chi connectivity index (χ1v) is 7.19. The molecule has 2 N–H and O–H groups in total. The van der Waals surface area contributed by atoms with Gasteiger partial charge in [0.1, 0.15) is 0 Å². The van der Waals surface area contributed by atoms with E-state index in [1.807, 2.05) is 6.92 Å². The molecule has 0 saturated carbocycles. The van der Waals surface area contributed by atoms with Gasteiger partial charge in [0.15, 0.2) is 11.5 Å². The van der Waals surface area contributed by atoms with Crippen molar-refractivity contribution >= 4 is 12.0 Å². The molecule has 7 heteroatoms. The summed E-state index contributed by atoms with van der Waals surface area (Å²) in [4.78, 5) is 24.0. The second-order valence-electron chi connectivity index (χ2n) is 4.87. The molecule has 0 spiro atoms. The van der Waals surface area contributed by atoms with E-state index in [1.54, 1.807) is 25.1 Å². The number of allylic oxidation sites excluding steroid dienone is 1. The molecule has 1 heterocycles. The number of urea groups is 1. The van der Waals surface area contributed by atoms with Crippen LogP contribution in [0.3, 0.4) is 0 Å². The Kier molecular flexibility index (Phi) is 5.10. The van der Waals surface area contributed by atoms with Crippen LogP contribution in [0.25, 0.3) is 0 Å². The number of methoxy groups -OCH3 is 2. The van der Waals surface area contributed by atoms with Crippen LogP contribution in [-0.4, -0.2) is 32.8 Å². The number of amides is 2.